The first kappa shape index (κ1) is 16.4. The number of hydrogen-bond donors (Lipinski definition) is 4. The van der Waals surface area contributed by atoms with E-state index in [1.54, 1.807) is 0 Å². The Morgan fingerprint density at radius 3 is 2.22 bits per heavy atom. The van der Waals surface area contributed by atoms with Crippen LogP contribution in [0.3, 0.4) is 0 Å². The smallest absolute Gasteiger partial charge is 0.326 e. The summed E-state index contributed by atoms with van der Waals surface area (Å²) in [6.07, 6.45) is 0.329. The molecule has 18 heavy (non-hydrogen) atoms. The Labute approximate surface area is 106 Å². The number of carboxylic acids is 1. The average molecular weight is 259 g/mol. The first-order valence-corrected chi connectivity index (χ1v) is 5.81. The molecular weight excluding hydrogens is 238 g/mol. The summed E-state index contributed by atoms with van der Waals surface area (Å²) < 4.78 is 0. The van der Waals surface area contributed by atoms with E-state index in [1.807, 2.05) is 13.8 Å². The molecule has 0 saturated heterocycles. The highest BCUT2D eigenvalue weighted by molar-refractivity contribution is 5.87. The quantitative estimate of drug-likeness (QED) is 0.452. The van der Waals surface area contributed by atoms with E-state index in [2.05, 4.69) is 5.32 Å². The predicted molar refractivity (Wildman–Crippen MR) is 65.4 cm³/mol. The van der Waals surface area contributed by atoms with Crippen molar-refractivity contribution in [1.29, 1.82) is 0 Å². The SMILES string of the molecule is CC(C)CC(N)C(=O)N[C@H](CCC(N)=O)C(=O)O. The Bertz CT molecular complexity index is 317. The number of rotatable bonds is 8. The van der Waals surface area contributed by atoms with Gasteiger partial charge in [0.1, 0.15) is 6.04 Å². The van der Waals surface area contributed by atoms with Crippen LogP contribution < -0.4 is 16.8 Å². The maximum atomic E-state index is 11.6. The van der Waals surface area contributed by atoms with Gasteiger partial charge in [-0.05, 0) is 18.8 Å². The van der Waals surface area contributed by atoms with Crippen molar-refractivity contribution in [1.82, 2.24) is 5.32 Å². The Kier molecular flexibility index (Phi) is 6.96. The number of primary amides is 1. The molecule has 0 bridgehead atoms. The topological polar surface area (TPSA) is 136 Å². The second kappa shape index (κ2) is 7.65. The van der Waals surface area contributed by atoms with Crippen LogP contribution in [0.4, 0.5) is 0 Å². The summed E-state index contributed by atoms with van der Waals surface area (Å²) in [6, 6.07) is -1.89. The summed E-state index contributed by atoms with van der Waals surface area (Å²) in [6.45, 7) is 3.82. The van der Waals surface area contributed by atoms with Crippen LogP contribution in [0.25, 0.3) is 0 Å². The van der Waals surface area contributed by atoms with Gasteiger partial charge in [0.25, 0.3) is 0 Å². The Morgan fingerprint density at radius 2 is 1.83 bits per heavy atom. The summed E-state index contributed by atoms with van der Waals surface area (Å²) in [5, 5.41) is 11.2. The molecule has 0 aliphatic rings. The van der Waals surface area contributed by atoms with E-state index >= 15 is 0 Å². The van der Waals surface area contributed by atoms with Gasteiger partial charge in [0, 0.05) is 6.42 Å². The van der Waals surface area contributed by atoms with Gasteiger partial charge in [0.15, 0.2) is 0 Å². The van der Waals surface area contributed by atoms with E-state index in [9.17, 15) is 14.4 Å². The van der Waals surface area contributed by atoms with Gasteiger partial charge in [0.2, 0.25) is 11.8 Å². The van der Waals surface area contributed by atoms with Crippen molar-refractivity contribution in [3.05, 3.63) is 0 Å². The number of hydrogen-bond acceptors (Lipinski definition) is 4. The van der Waals surface area contributed by atoms with E-state index in [-0.39, 0.29) is 18.8 Å². The number of carbonyl (C=O) groups is 3. The zero-order valence-electron chi connectivity index (χ0n) is 10.7. The normalized spacial score (nSPS) is 14.0. The minimum Gasteiger partial charge on any atom is -0.480 e. The summed E-state index contributed by atoms with van der Waals surface area (Å²) in [5.74, 6) is -2.11. The highest BCUT2D eigenvalue weighted by Crippen LogP contribution is 2.04. The number of amides is 2. The van der Waals surface area contributed by atoms with Crippen molar-refractivity contribution >= 4 is 17.8 Å². The maximum absolute atomic E-state index is 11.6. The van der Waals surface area contributed by atoms with Crippen molar-refractivity contribution < 1.29 is 19.5 Å². The van der Waals surface area contributed by atoms with E-state index in [0.29, 0.717) is 6.42 Å². The lowest BCUT2D eigenvalue weighted by atomic mass is 10.0. The van der Waals surface area contributed by atoms with Crippen molar-refractivity contribution in [2.45, 2.75) is 45.2 Å². The van der Waals surface area contributed by atoms with Gasteiger partial charge < -0.3 is 21.9 Å². The second-order valence-electron chi connectivity index (χ2n) is 4.64. The van der Waals surface area contributed by atoms with Gasteiger partial charge in [-0.3, -0.25) is 9.59 Å². The molecule has 104 valence electrons. The predicted octanol–water partition coefficient (Wildman–Crippen LogP) is -0.805. The third-order valence-corrected chi connectivity index (χ3v) is 2.36. The van der Waals surface area contributed by atoms with Crippen molar-refractivity contribution in [2.75, 3.05) is 0 Å². The molecule has 0 radical (unpaired) electrons. The third kappa shape index (κ3) is 6.85. The van der Waals surface area contributed by atoms with E-state index in [1.165, 1.54) is 0 Å². The van der Waals surface area contributed by atoms with Crippen LogP contribution in [-0.4, -0.2) is 35.0 Å². The van der Waals surface area contributed by atoms with Gasteiger partial charge in [-0.15, -0.1) is 0 Å². The molecule has 0 aromatic rings. The number of carbonyl (C=O) groups excluding carboxylic acids is 2. The fraction of sp³-hybridized carbons (Fsp3) is 0.727. The van der Waals surface area contributed by atoms with Crippen molar-refractivity contribution in [3.8, 4) is 0 Å². The third-order valence-electron chi connectivity index (χ3n) is 2.36. The van der Waals surface area contributed by atoms with Crippen LogP contribution in [0.5, 0.6) is 0 Å². The molecule has 0 spiro atoms. The zero-order valence-corrected chi connectivity index (χ0v) is 10.7. The first-order chi connectivity index (χ1) is 8.23. The van der Waals surface area contributed by atoms with Gasteiger partial charge in [0.05, 0.1) is 6.04 Å². The molecule has 0 aliphatic carbocycles. The number of nitrogens with one attached hydrogen (secondary N) is 1. The Balaban J connectivity index is 4.35. The van der Waals surface area contributed by atoms with E-state index in [4.69, 9.17) is 16.6 Å². The molecule has 2 atom stereocenters. The molecule has 6 N–H and O–H groups in total. The molecule has 1 unspecified atom stereocenters. The Morgan fingerprint density at radius 1 is 1.28 bits per heavy atom. The number of nitrogens with two attached hydrogens (primary N) is 2. The minimum atomic E-state index is -1.21. The summed E-state index contributed by atoms with van der Waals surface area (Å²) >= 11 is 0. The molecule has 7 heteroatoms. The van der Waals surface area contributed by atoms with Gasteiger partial charge in [-0.1, -0.05) is 13.8 Å². The van der Waals surface area contributed by atoms with Gasteiger partial charge >= 0.3 is 5.97 Å². The molecule has 0 rings (SSSR count). The van der Waals surface area contributed by atoms with Gasteiger partial charge in [-0.2, -0.15) is 0 Å². The van der Waals surface area contributed by atoms with Crippen LogP contribution in [0.15, 0.2) is 0 Å². The lowest BCUT2D eigenvalue weighted by molar-refractivity contribution is -0.142. The molecule has 0 saturated carbocycles. The molecular formula is C11H21N3O4. The average Bonchev–Trinajstić information content (AvgIpc) is 2.21. The lowest BCUT2D eigenvalue weighted by Gasteiger charge is -2.18. The lowest BCUT2D eigenvalue weighted by Crippen LogP contribution is -2.49. The number of aliphatic carboxylic acids is 1. The van der Waals surface area contributed by atoms with Gasteiger partial charge in [-0.25, -0.2) is 4.79 Å². The fourth-order valence-corrected chi connectivity index (χ4v) is 1.44. The summed E-state index contributed by atoms with van der Waals surface area (Å²) in [7, 11) is 0. The molecule has 0 aromatic carbocycles. The largest absolute Gasteiger partial charge is 0.480 e. The molecule has 0 aromatic heterocycles. The summed E-state index contributed by atoms with van der Waals surface area (Å²) in [5.41, 5.74) is 10.6. The van der Waals surface area contributed by atoms with E-state index < -0.39 is 29.9 Å². The molecule has 0 fully saturated rings. The molecule has 2 amide bonds. The minimum absolute atomic E-state index is 0.0369. The summed E-state index contributed by atoms with van der Waals surface area (Å²) in [4.78, 5) is 33.1. The maximum Gasteiger partial charge on any atom is 0.326 e. The molecule has 7 nitrogen and oxygen atoms in total. The fourth-order valence-electron chi connectivity index (χ4n) is 1.44. The zero-order chi connectivity index (χ0) is 14.3. The Hall–Kier alpha value is -1.63. The molecule has 0 heterocycles. The van der Waals surface area contributed by atoms with E-state index in [0.717, 1.165) is 0 Å². The van der Waals surface area contributed by atoms with Crippen LogP contribution in [0.2, 0.25) is 0 Å². The van der Waals surface area contributed by atoms with Crippen molar-refractivity contribution in [2.24, 2.45) is 17.4 Å². The number of carboxylic acid groups (broad SMARTS) is 1. The van der Waals surface area contributed by atoms with Crippen LogP contribution >= 0.6 is 0 Å². The highest BCUT2D eigenvalue weighted by Gasteiger charge is 2.23. The second-order valence-corrected chi connectivity index (χ2v) is 4.64. The van der Waals surface area contributed by atoms with Crippen LogP contribution in [0, 0.1) is 5.92 Å². The van der Waals surface area contributed by atoms with Crippen molar-refractivity contribution in [3.63, 3.8) is 0 Å². The molecule has 0 aliphatic heterocycles. The standard InChI is InChI=1S/C11H21N3O4/c1-6(2)5-7(12)10(16)14-8(11(17)18)3-4-9(13)15/h6-8H,3-5,12H2,1-2H3,(H2,13,15)(H,14,16)(H,17,18)/t7?,8-/m1/s1. The van der Waals surface area contributed by atoms with Crippen LogP contribution in [0.1, 0.15) is 33.1 Å². The first-order valence-electron chi connectivity index (χ1n) is 5.81. The highest BCUT2D eigenvalue weighted by atomic mass is 16.4. The monoisotopic (exact) mass is 259 g/mol. The van der Waals surface area contributed by atoms with Crippen LogP contribution in [-0.2, 0) is 14.4 Å².